The SMILES string of the molecule is N#Cc1cccc(-n2c3ccccc3c3cc(-c4cccc(-c5ccc6c(c5)c5ccc(-c7cccc8c7sc7ccccc78)cc5n6-c5ccccc5)c4)ccc32)c1. The van der Waals surface area contributed by atoms with Gasteiger partial charge >= 0.3 is 0 Å². The van der Waals surface area contributed by atoms with Gasteiger partial charge in [-0.3, -0.25) is 0 Å². The van der Waals surface area contributed by atoms with Crippen LogP contribution < -0.4 is 0 Å². The van der Waals surface area contributed by atoms with Gasteiger partial charge in [0.1, 0.15) is 0 Å². The van der Waals surface area contributed by atoms with Crippen LogP contribution in [0.4, 0.5) is 0 Å². The van der Waals surface area contributed by atoms with Crippen LogP contribution in [-0.4, -0.2) is 9.13 Å². The second-order valence-corrected chi connectivity index (χ2v) is 16.3. The van der Waals surface area contributed by atoms with Gasteiger partial charge in [-0.1, -0.05) is 121 Å². The van der Waals surface area contributed by atoms with E-state index in [9.17, 15) is 5.26 Å². The van der Waals surface area contributed by atoms with E-state index in [-0.39, 0.29) is 0 Å². The number of para-hydroxylation sites is 2. The Balaban J connectivity index is 0.989. The molecule has 0 radical (unpaired) electrons. The molecule has 0 saturated carbocycles. The lowest BCUT2D eigenvalue weighted by atomic mass is 9.96. The predicted octanol–water partition coefficient (Wildman–Crippen LogP) is 15.1. The Morgan fingerprint density at radius 1 is 0.356 bits per heavy atom. The topological polar surface area (TPSA) is 33.6 Å². The fraction of sp³-hybridized carbons (Fsp3) is 0. The van der Waals surface area contributed by atoms with Crippen molar-refractivity contribution in [3.8, 4) is 50.8 Å². The summed E-state index contributed by atoms with van der Waals surface area (Å²) >= 11 is 1.88. The van der Waals surface area contributed by atoms with Crippen molar-refractivity contribution in [2.24, 2.45) is 0 Å². The maximum atomic E-state index is 9.64. The lowest BCUT2D eigenvalue weighted by Gasteiger charge is -2.10. The van der Waals surface area contributed by atoms with Gasteiger partial charge in [-0.15, -0.1) is 11.3 Å². The van der Waals surface area contributed by atoms with Gasteiger partial charge in [0, 0.05) is 53.1 Å². The van der Waals surface area contributed by atoms with Crippen molar-refractivity contribution in [1.29, 1.82) is 5.26 Å². The van der Waals surface area contributed by atoms with Gasteiger partial charge in [-0.25, -0.2) is 0 Å². The highest BCUT2D eigenvalue weighted by molar-refractivity contribution is 7.26. The molecule has 0 saturated heterocycles. The molecule has 0 N–H and O–H groups in total. The molecule has 0 spiro atoms. The van der Waals surface area contributed by atoms with E-state index in [1.807, 2.05) is 29.5 Å². The summed E-state index contributed by atoms with van der Waals surface area (Å²) in [5.74, 6) is 0. The Kier molecular flexibility index (Phi) is 7.47. The third-order valence-corrected chi connectivity index (χ3v) is 13.2. The van der Waals surface area contributed by atoms with Gasteiger partial charge in [0.25, 0.3) is 0 Å². The van der Waals surface area contributed by atoms with Crippen LogP contribution in [0.15, 0.2) is 200 Å². The van der Waals surface area contributed by atoms with Crippen LogP contribution in [0.25, 0.3) is 109 Å². The van der Waals surface area contributed by atoms with Crippen LogP contribution in [0.5, 0.6) is 0 Å². The average Bonchev–Trinajstić information content (AvgIpc) is 3.96. The molecule has 0 amide bonds. The monoisotopic (exact) mass is 767 g/mol. The number of benzene rings is 9. The van der Waals surface area contributed by atoms with E-state index in [0.29, 0.717) is 5.56 Å². The molecule has 0 aliphatic carbocycles. The first-order chi connectivity index (χ1) is 29.2. The lowest BCUT2D eigenvalue weighted by Crippen LogP contribution is -1.94. The second kappa shape index (κ2) is 13.2. The van der Waals surface area contributed by atoms with Crippen LogP contribution in [-0.2, 0) is 0 Å². The van der Waals surface area contributed by atoms with Crippen molar-refractivity contribution >= 4 is 75.1 Å². The van der Waals surface area contributed by atoms with Gasteiger partial charge in [0.2, 0.25) is 0 Å². The summed E-state index contributed by atoms with van der Waals surface area (Å²) in [6.07, 6.45) is 0. The Bertz CT molecular complexity index is 3690. The fourth-order valence-corrected chi connectivity index (χ4v) is 10.5. The molecule has 3 aromatic heterocycles. The number of nitrogens with zero attached hydrogens (tertiary/aromatic N) is 3. The van der Waals surface area contributed by atoms with Crippen molar-refractivity contribution in [2.45, 2.75) is 0 Å². The highest BCUT2D eigenvalue weighted by atomic mass is 32.1. The normalized spacial score (nSPS) is 11.7. The number of hydrogen-bond acceptors (Lipinski definition) is 2. The first-order valence-electron chi connectivity index (χ1n) is 19.9. The second-order valence-electron chi connectivity index (χ2n) is 15.2. The van der Waals surface area contributed by atoms with Crippen LogP contribution in [0.3, 0.4) is 0 Å². The van der Waals surface area contributed by atoms with Crippen molar-refractivity contribution in [1.82, 2.24) is 9.13 Å². The molecule has 0 aliphatic heterocycles. The van der Waals surface area contributed by atoms with Crippen LogP contribution in [0.1, 0.15) is 5.56 Å². The van der Waals surface area contributed by atoms with E-state index in [2.05, 4.69) is 197 Å². The van der Waals surface area contributed by atoms with Gasteiger partial charge in [0.15, 0.2) is 0 Å². The molecule has 0 fully saturated rings. The maximum Gasteiger partial charge on any atom is 0.0992 e. The van der Waals surface area contributed by atoms with E-state index >= 15 is 0 Å². The number of hydrogen-bond donors (Lipinski definition) is 0. The minimum Gasteiger partial charge on any atom is -0.309 e. The lowest BCUT2D eigenvalue weighted by molar-refractivity contribution is 1.18. The molecule has 12 aromatic rings. The van der Waals surface area contributed by atoms with E-state index in [1.165, 1.54) is 80.6 Å². The summed E-state index contributed by atoms with van der Waals surface area (Å²) in [5, 5.41) is 17.1. The van der Waals surface area contributed by atoms with Crippen LogP contribution in [0.2, 0.25) is 0 Å². The Morgan fingerprint density at radius 2 is 0.932 bits per heavy atom. The third-order valence-electron chi connectivity index (χ3n) is 11.9. The van der Waals surface area contributed by atoms with E-state index < -0.39 is 0 Å². The fourth-order valence-electron chi connectivity index (χ4n) is 9.22. The summed E-state index contributed by atoms with van der Waals surface area (Å²) in [4.78, 5) is 0. The third kappa shape index (κ3) is 5.26. The molecular weight excluding hydrogens is 735 g/mol. The quantitative estimate of drug-likeness (QED) is 0.172. The van der Waals surface area contributed by atoms with Gasteiger partial charge in [0.05, 0.1) is 33.7 Å². The number of rotatable bonds is 5. The largest absolute Gasteiger partial charge is 0.309 e. The number of fused-ring (bicyclic) bond motifs is 9. The molecule has 0 atom stereocenters. The molecule has 0 aliphatic rings. The maximum absolute atomic E-state index is 9.64. The summed E-state index contributed by atoms with van der Waals surface area (Å²) in [6.45, 7) is 0. The summed E-state index contributed by atoms with van der Waals surface area (Å²) < 4.78 is 7.33. The Morgan fingerprint density at radius 3 is 1.71 bits per heavy atom. The summed E-state index contributed by atoms with van der Waals surface area (Å²) in [5.41, 5.74) is 14.6. The van der Waals surface area contributed by atoms with Crippen molar-refractivity contribution in [2.75, 3.05) is 0 Å². The average molecular weight is 768 g/mol. The molecule has 0 bridgehead atoms. The molecule has 12 rings (SSSR count). The van der Waals surface area contributed by atoms with Gasteiger partial charge < -0.3 is 9.13 Å². The van der Waals surface area contributed by atoms with Crippen molar-refractivity contribution in [3.05, 3.63) is 206 Å². The molecule has 4 heteroatoms. The summed E-state index contributed by atoms with van der Waals surface area (Å²) in [7, 11) is 0. The molecule has 9 aromatic carbocycles. The molecule has 3 nitrogen and oxygen atoms in total. The number of thiophene rings is 1. The first-order valence-corrected chi connectivity index (χ1v) is 20.7. The van der Waals surface area contributed by atoms with Crippen molar-refractivity contribution < 1.29 is 0 Å². The van der Waals surface area contributed by atoms with Gasteiger partial charge in [-0.2, -0.15) is 5.26 Å². The van der Waals surface area contributed by atoms with Crippen LogP contribution in [0, 0.1) is 11.3 Å². The highest BCUT2D eigenvalue weighted by Crippen LogP contribution is 2.43. The number of aromatic nitrogens is 2. The highest BCUT2D eigenvalue weighted by Gasteiger charge is 2.18. The Hall–Kier alpha value is -7.71. The number of nitriles is 1. The standard InChI is InChI=1S/C55H33N3S/c56-34-35-11-8-16-42(29-35)58-50-21-6-4-17-44(50)48-31-38(25-28-52(48)58)36-12-9-13-37(30-36)39-24-27-51-49(32-39)45-26-23-40(33-53(45)57(51)41-14-2-1-3-15-41)43-19-10-20-47-46-18-5-7-22-54(46)59-55(43)47/h1-33H. The zero-order valence-corrected chi connectivity index (χ0v) is 32.6. The first kappa shape index (κ1) is 33.4. The van der Waals surface area contributed by atoms with Crippen molar-refractivity contribution in [3.63, 3.8) is 0 Å². The van der Waals surface area contributed by atoms with E-state index in [1.54, 1.807) is 0 Å². The van der Waals surface area contributed by atoms with E-state index in [4.69, 9.17) is 0 Å². The zero-order chi connectivity index (χ0) is 39.0. The molecule has 59 heavy (non-hydrogen) atoms. The zero-order valence-electron chi connectivity index (χ0n) is 31.8. The summed E-state index contributed by atoms with van der Waals surface area (Å²) in [6, 6.07) is 74.5. The van der Waals surface area contributed by atoms with Crippen LogP contribution >= 0.6 is 11.3 Å². The minimum absolute atomic E-state index is 0.648. The predicted molar refractivity (Wildman–Crippen MR) is 249 cm³/mol. The Labute approximate surface area is 344 Å². The molecule has 274 valence electrons. The molecule has 0 unspecified atom stereocenters. The smallest absolute Gasteiger partial charge is 0.0992 e. The molecule has 3 heterocycles. The molecular formula is C55H33N3S. The minimum atomic E-state index is 0.648. The van der Waals surface area contributed by atoms with E-state index in [0.717, 1.165) is 28.0 Å². The van der Waals surface area contributed by atoms with Gasteiger partial charge in [-0.05, 0) is 112 Å².